The highest BCUT2D eigenvalue weighted by Crippen LogP contribution is 2.29. The maximum Gasteiger partial charge on any atom is 0.256 e. The number of hydrogen-bond donors (Lipinski definition) is 0. The second-order valence-electron chi connectivity index (χ2n) is 6.07. The number of benzene rings is 1. The Hall–Kier alpha value is -1.42. The zero-order chi connectivity index (χ0) is 14.3. The number of aryl methyl sites for hydroxylation is 1. The van der Waals surface area contributed by atoms with E-state index in [0.29, 0.717) is 12.1 Å². The molecule has 2 heterocycles. The van der Waals surface area contributed by atoms with Crippen LogP contribution < -0.4 is 0 Å². The van der Waals surface area contributed by atoms with E-state index in [9.17, 15) is 9.18 Å². The van der Waals surface area contributed by atoms with Crippen molar-refractivity contribution in [1.29, 1.82) is 0 Å². The number of likely N-dealkylation sites (tertiary alicyclic amines) is 1. The lowest BCUT2D eigenvalue weighted by atomic mass is 10.1. The minimum atomic E-state index is -0.414. The SMILES string of the molecule is Cc1ccc(F)c(C(=O)N2CCC3CCC(C2)N3C)c1. The molecule has 4 heteroatoms. The molecule has 0 saturated carbocycles. The number of rotatable bonds is 1. The molecule has 2 bridgehead atoms. The molecule has 2 atom stereocenters. The number of nitrogens with zero attached hydrogens (tertiary/aromatic N) is 2. The molecule has 0 aromatic heterocycles. The van der Waals surface area contributed by atoms with Gasteiger partial charge in [-0.05, 0) is 45.4 Å². The topological polar surface area (TPSA) is 23.6 Å². The molecule has 2 unspecified atom stereocenters. The van der Waals surface area contributed by atoms with Crippen LogP contribution in [0.4, 0.5) is 4.39 Å². The van der Waals surface area contributed by atoms with E-state index in [4.69, 9.17) is 0 Å². The minimum absolute atomic E-state index is 0.160. The van der Waals surface area contributed by atoms with Crippen molar-refractivity contribution in [2.24, 2.45) is 0 Å². The molecule has 0 spiro atoms. The third kappa shape index (κ3) is 2.33. The summed E-state index contributed by atoms with van der Waals surface area (Å²) in [6, 6.07) is 5.76. The van der Waals surface area contributed by atoms with E-state index in [-0.39, 0.29) is 11.5 Å². The Kier molecular flexibility index (Phi) is 3.50. The van der Waals surface area contributed by atoms with Crippen molar-refractivity contribution in [3.8, 4) is 0 Å². The first-order valence-electron chi connectivity index (χ1n) is 7.33. The van der Waals surface area contributed by atoms with E-state index >= 15 is 0 Å². The summed E-state index contributed by atoms with van der Waals surface area (Å²) in [7, 11) is 2.14. The van der Waals surface area contributed by atoms with Gasteiger partial charge in [0.05, 0.1) is 5.56 Å². The van der Waals surface area contributed by atoms with Crippen molar-refractivity contribution in [3.63, 3.8) is 0 Å². The van der Waals surface area contributed by atoms with Gasteiger partial charge in [0, 0.05) is 25.2 Å². The smallest absolute Gasteiger partial charge is 0.256 e. The van der Waals surface area contributed by atoms with Gasteiger partial charge in [0.2, 0.25) is 0 Å². The third-order valence-electron chi connectivity index (χ3n) is 4.79. The van der Waals surface area contributed by atoms with Crippen LogP contribution in [0, 0.1) is 12.7 Å². The first-order chi connectivity index (χ1) is 9.56. The van der Waals surface area contributed by atoms with Crippen molar-refractivity contribution >= 4 is 5.91 Å². The Balaban J connectivity index is 1.82. The Morgan fingerprint density at radius 3 is 2.80 bits per heavy atom. The van der Waals surface area contributed by atoms with Gasteiger partial charge in [-0.25, -0.2) is 4.39 Å². The molecule has 108 valence electrons. The molecule has 1 amide bonds. The van der Waals surface area contributed by atoms with Crippen molar-refractivity contribution < 1.29 is 9.18 Å². The number of hydrogen-bond acceptors (Lipinski definition) is 2. The van der Waals surface area contributed by atoms with Crippen LogP contribution in [0.15, 0.2) is 18.2 Å². The van der Waals surface area contributed by atoms with Gasteiger partial charge in [0.15, 0.2) is 0 Å². The number of likely N-dealkylation sites (N-methyl/N-ethyl adjacent to an activating group) is 1. The lowest BCUT2D eigenvalue weighted by molar-refractivity contribution is 0.0735. The summed E-state index contributed by atoms with van der Waals surface area (Å²) in [4.78, 5) is 16.8. The van der Waals surface area contributed by atoms with Gasteiger partial charge in [0.1, 0.15) is 5.82 Å². The summed E-state index contributed by atoms with van der Waals surface area (Å²) in [6.45, 7) is 3.34. The molecule has 20 heavy (non-hydrogen) atoms. The van der Waals surface area contributed by atoms with E-state index in [1.807, 2.05) is 11.8 Å². The van der Waals surface area contributed by atoms with E-state index in [1.54, 1.807) is 12.1 Å². The van der Waals surface area contributed by atoms with Crippen LogP contribution in [0.5, 0.6) is 0 Å². The monoisotopic (exact) mass is 276 g/mol. The summed E-state index contributed by atoms with van der Waals surface area (Å²) in [5.41, 5.74) is 1.13. The number of fused-ring (bicyclic) bond motifs is 2. The average Bonchev–Trinajstić information content (AvgIpc) is 2.65. The quantitative estimate of drug-likeness (QED) is 0.786. The summed E-state index contributed by atoms with van der Waals surface area (Å²) in [5.74, 6) is -0.574. The highest BCUT2D eigenvalue weighted by atomic mass is 19.1. The summed E-state index contributed by atoms with van der Waals surface area (Å²) in [5, 5.41) is 0. The van der Waals surface area contributed by atoms with Crippen LogP contribution in [-0.2, 0) is 0 Å². The van der Waals surface area contributed by atoms with E-state index in [0.717, 1.165) is 31.5 Å². The molecular weight excluding hydrogens is 255 g/mol. The summed E-state index contributed by atoms with van der Waals surface area (Å²) < 4.78 is 13.9. The van der Waals surface area contributed by atoms with Crippen LogP contribution in [0.3, 0.4) is 0 Å². The number of carbonyl (C=O) groups excluding carboxylic acids is 1. The molecular formula is C16H21FN2O. The van der Waals surface area contributed by atoms with Crippen molar-refractivity contribution in [2.75, 3.05) is 20.1 Å². The van der Waals surface area contributed by atoms with Crippen molar-refractivity contribution in [1.82, 2.24) is 9.80 Å². The molecule has 2 aliphatic heterocycles. The van der Waals surface area contributed by atoms with Crippen LogP contribution in [-0.4, -0.2) is 47.9 Å². The van der Waals surface area contributed by atoms with Crippen LogP contribution in [0.25, 0.3) is 0 Å². The molecule has 2 fully saturated rings. The maximum absolute atomic E-state index is 13.9. The number of carbonyl (C=O) groups is 1. The summed E-state index contributed by atoms with van der Waals surface area (Å²) in [6.07, 6.45) is 3.36. The molecule has 0 radical (unpaired) electrons. The molecule has 3 nitrogen and oxygen atoms in total. The molecule has 1 aromatic carbocycles. The second-order valence-corrected chi connectivity index (χ2v) is 6.07. The number of amides is 1. The highest BCUT2D eigenvalue weighted by Gasteiger charge is 2.36. The van der Waals surface area contributed by atoms with Gasteiger partial charge in [-0.15, -0.1) is 0 Å². The Labute approximate surface area is 119 Å². The predicted octanol–water partition coefficient (Wildman–Crippen LogP) is 2.44. The van der Waals surface area contributed by atoms with Gasteiger partial charge in [-0.3, -0.25) is 9.69 Å². The Morgan fingerprint density at radius 1 is 1.25 bits per heavy atom. The second kappa shape index (κ2) is 5.17. The molecule has 0 aliphatic carbocycles. The van der Waals surface area contributed by atoms with Crippen LogP contribution >= 0.6 is 0 Å². The average molecular weight is 276 g/mol. The molecule has 1 aromatic rings. The lowest BCUT2D eigenvalue weighted by Gasteiger charge is -2.26. The Bertz CT molecular complexity index is 531. The number of halogens is 1. The molecule has 2 aliphatic rings. The zero-order valence-electron chi connectivity index (χ0n) is 12.1. The lowest BCUT2D eigenvalue weighted by Crippen LogP contribution is -2.40. The maximum atomic E-state index is 13.9. The van der Waals surface area contributed by atoms with E-state index < -0.39 is 5.82 Å². The molecule has 2 saturated heterocycles. The largest absolute Gasteiger partial charge is 0.337 e. The van der Waals surface area contributed by atoms with Crippen molar-refractivity contribution in [3.05, 3.63) is 35.1 Å². The zero-order valence-corrected chi connectivity index (χ0v) is 12.1. The van der Waals surface area contributed by atoms with Gasteiger partial charge < -0.3 is 4.90 Å². The fraction of sp³-hybridized carbons (Fsp3) is 0.562. The fourth-order valence-electron chi connectivity index (χ4n) is 3.47. The first kappa shape index (κ1) is 13.6. The molecule has 3 rings (SSSR count). The van der Waals surface area contributed by atoms with Crippen LogP contribution in [0.1, 0.15) is 35.2 Å². The predicted molar refractivity (Wildman–Crippen MR) is 76.2 cm³/mol. The van der Waals surface area contributed by atoms with Gasteiger partial charge >= 0.3 is 0 Å². The fourth-order valence-corrected chi connectivity index (χ4v) is 3.47. The van der Waals surface area contributed by atoms with Crippen molar-refractivity contribution in [2.45, 2.75) is 38.3 Å². The third-order valence-corrected chi connectivity index (χ3v) is 4.79. The first-order valence-corrected chi connectivity index (χ1v) is 7.33. The molecule has 0 N–H and O–H groups in total. The van der Waals surface area contributed by atoms with Gasteiger partial charge in [-0.1, -0.05) is 11.6 Å². The van der Waals surface area contributed by atoms with Gasteiger partial charge in [-0.2, -0.15) is 0 Å². The van der Waals surface area contributed by atoms with E-state index in [2.05, 4.69) is 11.9 Å². The highest BCUT2D eigenvalue weighted by molar-refractivity contribution is 5.94. The standard InChI is InChI=1S/C16H21FN2O/c1-11-3-6-15(17)14(9-11)16(20)19-8-7-12-4-5-13(10-19)18(12)2/h3,6,9,12-13H,4-5,7-8,10H2,1-2H3. The van der Waals surface area contributed by atoms with Crippen LogP contribution in [0.2, 0.25) is 0 Å². The summed E-state index contributed by atoms with van der Waals surface area (Å²) >= 11 is 0. The Morgan fingerprint density at radius 2 is 2.00 bits per heavy atom. The van der Waals surface area contributed by atoms with Gasteiger partial charge in [0.25, 0.3) is 5.91 Å². The van der Waals surface area contributed by atoms with E-state index in [1.165, 1.54) is 12.5 Å². The minimum Gasteiger partial charge on any atom is -0.337 e. The normalized spacial score (nSPS) is 26.6.